The molecular formula is C44H38N2O2. The summed E-state index contributed by atoms with van der Waals surface area (Å²) in [6.45, 7) is 8.43. The van der Waals surface area contributed by atoms with Gasteiger partial charge in [-0.15, -0.1) is 0 Å². The Morgan fingerprint density at radius 3 is 1.25 bits per heavy atom. The Morgan fingerprint density at radius 2 is 0.854 bits per heavy atom. The molecule has 0 radical (unpaired) electrons. The minimum atomic E-state index is -0.564. The van der Waals surface area contributed by atoms with Crippen LogP contribution in [0.2, 0.25) is 0 Å². The maximum absolute atomic E-state index is 14.4. The zero-order valence-electron chi connectivity index (χ0n) is 27.7. The Hall–Kier alpha value is -5.48. The molecule has 0 saturated heterocycles. The van der Waals surface area contributed by atoms with Crippen molar-refractivity contribution < 1.29 is 9.59 Å². The molecular weight excluding hydrogens is 588 g/mol. The van der Waals surface area contributed by atoms with Crippen molar-refractivity contribution in [3.05, 3.63) is 155 Å². The fraction of sp³-hybridized carbons (Fsp3) is 0.182. The van der Waals surface area contributed by atoms with Gasteiger partial charge in [-0.2, -0.15) is 0 Å². The van der Waals surface area contributed by atoms with Gasteiger partial charge in [0, 0.05) is 23.2 Å². The van der Waals surface area contributed by atoms with Crippen LogP contribution in [0.1, 0.15) is 45.2 Å². The lowest BCUT2D eigenvalue weighted by atomic mass is 9.51. The Labute approximate surface area is 281 Å². The standard InChI is InChI=1S/C44H38N2O2/c1-25-11-13-32(23-27(25)3)39-40(33-14-12-26(2)28(4)24-33)42-41(39)43(47)45-34-19-15-29(16-20-34)36-9-5-7-31-8-6-10-37(38(31)36)30-17-21-35(22-18-30)46-44(42)48/h5-24,39-42H,1-4H3,(H,45,47)(H,46,48)/t39-,40+,41+,42-. The first-order valence-corrected chi connectivity index (χ1v) is 16.8. The van der Waals surface area contributed by atoms with Gasteiger partial charge in [0.1, 0.15) is 0 Å². The SMILES string of the molecule is Cc1ccc([C@@H]2[C@H]3C(=O)Nc4ccc(cc4)-c4cccc5cccc(c45)-c4ccc(cc4)NC(=O)[C@H]3[C@@H]2c2ccc(C)c(C)c2)cc1C. The van der Waals surface area contributed by atoms with Gasteiger partial charge in [0.05, 0.1) is 11.8 Å². The second-order valence-electron chi connectivity index (χ2n) is 13.6. The Morgan fingerprint density at radius 1 is 0.438 bits per heavy atom. The van der Waals surface area contributed by atoms with E-state index in [2.05, 4.69) is 135 Å². The summed E-state index contributed by atoms with van der Waals surface area (Å²) in [4.78, 5) is 28.9. The van der Waals surface area contributed by atoms with Crippen molar-refractivity contribution in [1.82, 2.24) is 0 Å². The number of carbonyl (C=O) groups excluding carboxylic acids is 2. The van der Waals surface area contributed by atoms with E-state index in [0.717, 1.165) is 38.8 Å². The van der Waals surface area contributed by atoms with Gasteiger partial charge in [-0.05, 0) is 118 Å². The molecule has 1 saturated carbocycles. The van der Waals surface area contributed by atoms with Crippen LogP contribution in [-0.4, -0.2) is 11.8 Å². The molecule has 4 aliphatic heterocycles. The molecule has 1 aliphatic carbocycles. The number of anilines is 2. The van der Waals surface area contributed by atoms with Crippen molar-refractivity contribution in [3.8, 4) is 22.3 Å². The van der Waals surface area contributed by atoms with Crippen LogP contribution in [-0.2, 0) is 9.59 Å². The van der Waals surface area contributed by atoms with Crippen molar-refractivity contribution in [3.63, 3.8) is 0 Å². The highest BCUT2D eigenvalue weighted by Gasteiger charge is 2.58. The third-order valence-corrected chi connectivity index (χ3v) is 10.8. The number of nitrogens with one attached hydrogen (secondary N) is 2. The molecule has 0 spiro atoms. The van der Waals surface area contributed by atoms with E-state index in [1.54, 1.807) is 0 Å². The molecule has 11 rings (SSSR count). The van der Waals surface area contributed by atoms with Gasteiger partial charge in [-0.1, -0.05) is 97.1 Å². The van der Waals surface area contributed by atoms with Crippen LogP contribution in [0.3, 0.4) is 0 Å². The van der Waals surface area contributed by atoms with Gasteiger partial charge >= 0.3 is 0 Å². The van der Waals surface area contributed by atoms with Crippen LogP contribution in [0.25, 0.3) is 33.0 Å². The summed E-state index contributed by atoms with van der Waals surface area (Å²) < 4.78 is 0. The lowest BCUT2D eigenvalue weighted by molar-refractivity contribution is -0.138. The van der Waals surface area contributed by atoms with Crippen molar-refractivity contribution in [2.75, 3.05) is 10.6 Å². The van der Waals surface area contributed by atoms with Crippen LogP contribution in [0.15, 0.2) is 121 Å². The van der Waals surface area contributed by atoms with E-state index in [9.17, 15) is 9.59 Å². The molecule has 2 amide bonds. The van der Waals surface area contributed by atoms with E-state index < -0.39 is 11.8 Å². The first-order chi connectivity index (χ1) is 23.3. The maximum atomic E-state index is 14.4. The van der Waals surface area contributed by atoms with Crippen LogP contribution < -0.4 is 10.6 Å². The Bertz CT molecular complexity index is 2080. The third-order valence-electron chi connectivity index (χ3n) is 10.8. The number of amides is 2. The quantitative estimate of drug-likeness (QED) is 0.201. The number of carbonyl (C=O) groups is 2. The predicted molar refractivity (Wildman–Crippen MR) is 196 cm³/mol. The van der Waals surface area contributed by atoms with Crippen molar-refractivity contribution in [2.45, 2.75) is 39.5 Å². The molecule has 0 aromatic heterocycles. The second-order valence-corrected chi connectivity index (χ2v) is 13.6. The summed E-state index contributed by atoms with van der Waals surface area (Å²) in [6, 6.07) is 41.9. The number of aryl methyl sites for hydroxylation is 4. The molecule has 5 aliphatic rings. The summed E-state index contributed by atoms with van der Waals surface area (Å²) in [5.74, 6) is -1.75. The van der Waals surface area contributed by atoms with Gasteiger partial charge in [-0.25, -0.2) is 0 Å². The molecule has 4 bridgehead atoms. The highest BCUT2D eigenvalue weighted by atomic mass is 16.2. The molecule has 0 unspecified atom stereocenters. The summed E-state index contributed by atoms with van der Waals surface area (Å²) in [5, 5.41) is 8.76. The second kappa shape index (κ2) is 11.6. The smallest absolute Gasteiger partial charge is 0.228 e. The van der Waals surface area contributed by atoms with Gasteiger partial charge in [-0.3, -0.25) is 9.59 Å². The minimum absolute atomic E-state index is 0.140. The summed E-state index contributed by atoms with van der Waals surface area (Å²) >= 11 is 0. The van der Waals surface area contributed by atoms with Gasteiger partial charge in [0.2, 0.25) is 11.8 Å². The zero-order valence-corrected chi connectivity index (χ0v) is 27.7. The predicted octanol–water partition coefficient (Wildman–Crippen LogP) is 10.1. The molecule has 1 fully saturated rings. The largest absolute Gasteiger partial charge is 0.326 e. The van der Waals surface area contributed by atoms with Crippen LogP contribution in [0.5, 0.6) is 0 Å². The van der Waals surface area contributed by atoms with E-state index in [4.69, 9.17) is 0 Å². The molecule has 48 heavy (non-hydrogen) atoms. The maximum Gasteiger partial charge on any atom is 0.228 e. The van der Waals surface area contributed by atoms with E-state index in [1.807, 2.05) is 24.3 Å². The average Bonchev–Trinajstić information content (AvgIpc) is 3.07. The zero-order chi connectivity index (χ0) is 33.1. The molecule has 4 nitrogen and oxygen atoms in total. The first kappa shape index (κ1) is 29.9. The molecule has 4 heterocycles. The van der Waals surface area contributed by atoms with E-state index in [1.165, 1.54) is 27.6 Å². The number of rotatable bonds is 2. The van der Waals surface area contributed by atoms with E-state index in [-0.39, 0.29) is 23.7 Å². The molecule has 4 atom stereocenters. The van der Waals surface area contributed by atoms with Crippen molar-refractivity contribution in [1.29, 1.82) is 0 Å². The molecule has 6 aromatic carbocycles. The van der Waals surface area contributed by atoms with E-state index >= 15 is 0 Å². The minimum Gasteiger partial charge on any atom is -0.326 e. The van der Waals surface area contributed by atoms with Crippen LogP contribution in [0.4, 0.5) is 11.4 Å². The monoisotopic (exact) mass is 626 g/mol. The van der Waals surface area contributed by atoms with Crippen molar-refractivity contribution >= 4 is 34.0 Å². The molecule has 4 heteroatoms. The fourth-order valence-electron chi connectivity index (χ4n) is 7.91. The van der Waals surface area contributed by atoms with Gasteiger partial charge in [0.25, 0.3) is 0 Å². The van der Waals surface area contributed by atoms with E-state index in [0.29, 0.717) is 11.4 Å². The number of benzene rings is 6. The highest BCUT2D eigenvalue weighted by molar-refractivity contribution is 6.07. The first-order valence-electron chi connectivity index (χ1n) is 16.8. The Balaban J connectivity index is 1.29. The molecule has 6 aromatic rings. The van der Waals surface area contributed by atoms with Gasteiger partial charge < -0.3 is 10.6 Å². The third kappa shape index (κ3) is 5.00. The summed E-state index contributed by atoms with van der Waals surface area (Å²) in [7, 11) is 0. The fourth-order valence-corrected chi connectivity index (χ4v) is 7.91. The molecule has 236 valence electrons. The highest BCUT2D eigenvalue weighted by Crippen LogP contribution is 2.59. The summed E-state index contributed by atoms with van der Waals surface area (Å²) in [6.07, 6.45) is 0. The average molecular weight is 627 g/mol. The number of hydrogen-bond donors (Lipinski definition) is 2. The van der Waals surface area contributed by atoms with Crippen molar-refractivity contribution in [2.24, 2.45) is 11.8 Å². The van der Waals surface area contributed by atoms with Crippen LogP contribution in [0, 0.1) is 39.5 Å². The topological polar surface area (TPSA) is 58.2 Å². The normalized spacial score (nSPS) is 20.1. The lowest BCUT2D eigenvalue weighted by Crippen LogP contribution is -2.54. The van der Waals surface area contributed by atoms with Crippen LogP contribution >= 0.6 is 0 Å². The lowest BCUT2D eigenvalue weighted by Gasteiger charge is -2.51. The van der Waals surface area contributed by atoms with Gasteiger partial charge in [0.15, 0.2) is 0 Å². The molecule has 2 N–H and O–H groups in total. The summed E-state index contributed by atoms with van der Waals surface area (Å²) in [5.41, 5.74) is 12.8. The number of hydrogen-bond acceptors (Lipinski definition) is 2. The Kier molecular flexibility index (Phi) is 7.25.